The van der Waals surface area contributed by atoms with Gasteiger partial charge >= 0.3 is 11.8 Å². The highest BCUT2D eigenvalue weighted by atomic mass is 16.6. The first kappa shape index (κ1) is 24.9. The van der Waals surface area contributed by atoms with E-state index in [9.17, 15) is 34.7 Å². The normalized spacial score (nSPS) is 19.6. The van der Waals surface area contributed by atoms with E-state index in [1.807, 2.05) is 0 Å². The smallest absolute Gasteiger partial charge is 0.425 e. The number of nitro benzene ring substituents is 1. The third kappa shape index (κ3) is 4.64. The molecule has 0 radical (unpaired) electrons. The van der Waals surface area contributed by atoms with Gasteiger partial charge in [0.1, 0.15) is 18.9 Å². The molecule has 184 valence electrons. The topological polar surface area (TPSA) is 182 Å². The Kier molecular flexibility index (Phi) is 7.34. The van der Waals surface area contributed by atoms with Crippen LogP contribution < -0.4 is 20.7 Å². The molecule has 1 aliphatic rings. The predicted octanol–water partition coefficient (Wildman–Crippen LogP) is 0.0694. The van der Waals surface area contributed by atoms with Gasteiger partial charge in [-0.15, -0.1) is 0 Å². The summed E-state index contributed by atoms with van der Waals surface area (Å²) in [5.41, 5.74) is -2.55. The monoisotopic (exact) mass is 481 g/mol. The zero-order valence-electron chi connectivity index (χ0n) is 18.5. The lowest BCUT2D eigenvalue weighted by molar-refractivity contribution is -0.385. The largest absolute Gasteiger partial charge is 0.493 e. The zero-order valence-corrected chi connectivity index (χ0v) is 18.5. The average molecular weight is 481 g/mol. The molecule has 0 spiro atoms. The van der Waals surface area contributed by atoms with Crippen molar-refractivity contribution < 1.29 is 38.9 Å². The number of hydrogen-bond donors (Lipinski definition) is 2. The lowest BCUT2D eigenvalue weighted by Gasteiger charge is -2.17. The molecule has 0 saturated carbocycles. The van der Waals surface area contributed by atoms with Gasteiger partial charge in [-0.3, -0.25) is 19.5 Å². The first-order chi connectivity index (χ1) is 16.1. The number of aromatic nitrogens is 2. The van der Waals surface area contributed by atoms with E-state index in [4.69, 9.17) is 18.9 Å². The van der Waals surface area contributed by atoms with E-state index in [0.717, 1.165) is 10.6 Å². The number of aryl methyl sites for hydroxylation is 1. The Labute approximate surface area is 191 Å². The van der Waals surface area contributed by atoms with Crippen molar-refractivity contribution in [1.82, 2.24) is 9.13 Å². The van der Waals surface area contributed by atoms with E-state index in [2.05, 4.69) is 0 Å². The molecule has 0 unspecified atom stereocenters. The number of rotatable bonds is 7. The SMILES string of the molecule is COc1cc(COC(=O)n2c(=O)c(C)cn([C@H]3C[C@H](O)[C@@H](CO)O3)c2=O)c([N+](=O)[O-])cc1OC. The van der Waals surface area contributed by atoms with Crippen LogP contribution >= 0.6 is 0 Å². The second kappa shape index (κ2) is 10.0. The first-order valence-electron chi connectivity index (χ1n) is 9.98. The molecule has 0 bridgehead atoms. The van der Waals surface area contributed by atoms with Gasteiger partial charge in [-0.05, 0) is 13.0 Å². The van der Waals surface area contributed by atoms with Gasteiger partial charge in [0.15, 0.2) is 11.5 Å². The Morgan fingerprint density at radius 2 is 1.91 bits per heavy atom. The maximum absolute atomic E-state index is 12.9. The highest BCUT2D eigenvalue weighted by molar-refractivity contribution is 5.70. The van der Waals surface area contributed by atoms with Gasteiger partial charge in [0.2, 0.25) is 0 Å². The minimum absolute atomic E-state index is 0.000754. The van der Waals surface area contributed by atoms with Crippen molar-refractivity contribution in [2.24, 2.45) is 0 Å². The minimum Gasteiger partial charge on any atom is -0.493 e. The van der Waals surface area contributed by atoms with Crippen LogP contribution in [0.1, 0.15) is 23.8 Å². The van der Waals surface area contributed by atoms with Crippen LogP contribution in [-0.4, -0.2) is 63.4 Å². The van der Waals surface area contributed by atoms with E-state index in [0.29, 0.717) is 0 Å². The number of ether oxygens (including phenoxy) is 4. The lowest BCUT2D eigenvalue weighted by Crippen LogP contribution is -2.45. The third-order valence-corrected chi connectivity index (χ3v) is 5.29. The Morgan fingerprint density at radius 1 is 1.26 bits per heavy atom. The highest BCUT2D eigenvalue weighted by Crippen LogP contribution is 2.35. The van der Waals surface area contributed by atoms with Crippen LogP contribution in [0.4, 0.5) is 10.5 Å². The number of benzene rings is 1. The van der Waals surface area contributed by atoms with Crippen LogP contribution in [0.25, 0.3) is 0 Å². The summed E-state index contributed by atoms with van der Waals surface area (Å²) < 4.78 is 21.8. The van der Waals surface area contributed by atoms with Gasteiger partial charge in [-0.2, -0.15) is 4.57 Å². The number of aliphatic hydroxyl groups excluding tert-OH is 2. The van der Waals surface area contributed by atoms with E-state index >= 15 is 0 Å². The lowest BCUT2D eigenvalue weighted by atomic mass is 10.1. The maximum atomic E-state index is 12.9. The van der Waals surface area contributed by atoms with Crippen molar-refractivity contribution in [1.29, 1.82) is 0 Å². The fraction of sp³-hybridized carbons (Fsp3) is 0.450. The number of hydrogen-bond acceptors (Lipinski definition) is 11. The van der Waals surface area contributed by atoms with Gasteiger partial charge in [-0.25, -0.2) is 9.59 Å². The van der Waals surface area contributed by atoms with Gasteiger partial charge < -0.3 is 29.2 Å². The molecule has 1 aliphatic heterocycles. The summed E-state index contributed by atoms with van der Waals surface area (Å²) in [6, 6.07) is 2.33. The summed E-state index contributed by atoms with van der Waals surface area (Å²) in [5, 5.41) is 30.6. The maximum Gasteiger partial charge on any atom is 0.425 e. The van der Waals surface area contributed by atoms with Gasteiger partial charge in [0.05, 0.1) is 43.5 Å². The van der Waals surface area contributed by atoms with Crippen molar-refractivity contribution in [3.63, 3.8) is 0 Å². The Hall–Kier alpha value is -3.75. The van der Waals surface area contributed by atoms with Crippen LogP contribution in [0.5, 0.6) is 11.5 Å². The molecule has 14 nitrogen and oxygen atoms in total. The van der Waals surface area contributed by atoms with Crippen LogP contribution in [0.15, 0.2) is 27.9 Å². The molecule has 2 aromatic rings. The summed E-state index contributed by atoms with van der Waals surface area (Å²) in [5.74, 6) is 0.228. The van der Waals surface area contributed by atoms with Crippen molar-refractivity contribution in [2.75, 3.05) is 20.8 Å². The summed E-state index contributed by atoms with van der Waals surface area (Å²) >= 11 is 0. The highest BCUT2D eigenvalue weighted by Gasteiger charge is 2.36. The van der Waals surface area contributed by atoms with Crippen LogP contribution in [0, 0.1) is 17.0 Å². The molecule has 3 atom stereocenters. The molecular weight excluding hydrogens is 458 g/mol. The molecule has 2 N–H and O–H groups in total. The molecule has 1 aromatic carbocycles. The van der Waals surface area contributed by atoms with Crippen LogP contribution in [-0.2, 0) is 16.1 Å². The zero-order chi connectivity index (χ0) is 25.2. The van der Waals surface area contributed by atoms with E-state index in [1.54, 1.807) is 0 Å². The van der Waals surface area contributed by atoms with Gasteiger partial charge in [0, 0.05) is 18.2 Å². The van der Waals surface area contributed by atoms with E-state index in [-0.39, 0.29) is 33.6 Å². The number of carbonyl (C=O) groups is 1. The Bertz CT molecular complexity index is 1220. The van der Waals surface area contributed by atoms with E-state index in [1.165, 1.54) is 33.4 Å². The van der Waals surface area contributed by atoms with Crippen molar-refractivity contribution >= 4 is 11.8 Å². The number of nitrogens with zero attached hydrogens (tertiary/aromatic N) is 3. The summed E-state index contributed by atoms with van der Waals surface area (Å²) in [4.78, 5) is 48.8. The molecule has 1 fully saturated rings. The van der Waals surface area contributed by atoms with Gasteiger partial charge in [-0.1, -0.05) is 0 Å². The second-order valence-electron chi connectivity index (χ2n) is 7.40. The van der Waals surface area contributed by atoms with Crippen molar-refractivity contribution in [3.05, 3.63) is 60.4 Å². The first-order valence-corrected chi connectivity index (χ1v) is 9.98. The molecule has 0 aliphatic carbocycles. The molecule has 14 heteroatoms. The molecule has 1 aromatic heterocycles. The average Bonchev–Trinajstić information content (AvgIpc) is 3.19. The molecule has 0 amide bonds. The quantitative estimate of drug-likeness (QED) is 0.403. The second-order valence-corrected chi connectivity index (χ2v) is 7.40. The number of aliphatic hydroxyl groups is 2. The molecular formula is C20H23N3O11. The molecule has 1 saturated heterocycles. The summed E-state index contributed by atoms with van der Waals surface area (Å²) in [6.07, 6.45) is -3.28. The summed E-state index contributed by atoms with van der Waals surface area (Å²) in [7, 11) is 2.61. The molecule has 2 heterocycles. The number of methoxy groups -OCH3 is 2. The minimum atomic E-state index is -1.37. The summed E-state index contributed by atoms with van der Waals surface area (Å²) in [6.45, 7) is 0.216. The van der Waals surface area contributed by atoms with Crippen molar-refractivity contribution in [2.45, 2.75) is 38.4 Å². The third-order valence-electron chi connectivity index (χ3n) is 5.29. The molecule has 3 rings (SSSR count). The number of carbonyl (C=O) groups excluding carboxylic acids is 1. The van der Waals surface area contributed by atoms with Crippen LogP contribution in [0.3, 0.4) is 0 Å². The Balaban J connectivity index is 1.93. The van der Waals surface area contributed by atoms with E-state index < -0.39 is 59.6 Å². The number of nitro groups is 1. The van der Waals surface area contributed by atoms with Crippen LogP contribution in [0.2, 0.25) is 0 Å². The van der Waals surface area contributed by atoms with Crippen molar-refractivity contribution in [3.8, 4) is 11.5 Å². The fourth-order valence-electron chi connectivity index (χ4n) is 3.52. The Morgan fingerprint density at radius 3 is 2.47 bits per heavy atom. The standard InChI is InChI=1S/C20H23N3O11/c1-10-7-21(17-6-13(25)16(8-24)34-17)19(27)22(18(10)26)20(28)33-9-11-4-14(31-2)15(32-3)5-12(11)23(29)30/h4-5,7,13,16-17,24-25H,6,8-9H2,1-3H3/t13-,16+,17+/m0/s1. The predicted molar refractivity (Wildman–Crippen MR) is 113 cm³/mol. The molecule has 34 heavy (non-hydrogen) atoms. The fourth-order valence-corrected chi connectivity index (χ4v) is 3.52. The van der Waals surface area contributed by atoms with Gasteiger partial charge in [0.25, 0.3) is 11.2 Å².